The van der Waals surface area contributed by atoms with Crippen molar-refractivity contribution in [2.24, 2.45) is 5.10 Å². The summed E-state index contributed by atoms with van der Waals surface area (Å²) in [6, 6.07) is 15.1. The summed E-state index contributed by atoms with van der Waals surface area (Å²) in [5.41, 5.74) is 5.80. The molecule has 0 spiro atoms. The molecule has 0 aromatic heterocycles. The van der Waals surface area contributed by atoms with E-state index in [9.17, 15) is 0 Å². The maximum Gasteiger partial charge on any atom is 0.0748 e. The summed E-state index contributed by atoms with van der Waals surface area (Å²) in [4.78, 5) is 0. The summed E-state index contributed by atoms with van der Waals surface area (Å²) in [5.74, 6) is 0. The fraction of sp³-hybridized carbons (Fsp3) is 0.133. The highest BCUT2D eigenvalue weighted by molar-refractivity contribution is 6.33. The average Bonchev–Trinajstić information content (AvgIpc) is 2.43. The van der Waals surface area contributed by atoms with Crippen LogP contribution in [0, 0.1) is 0 Å². The van der Waals surface area contributed by atoms with Gasteiger partial charge in [-0.15, -0.1) is 0 Å². The largest absolute Gasteiger partial charge is 0.277 e. The maximum absolute atomic E-state index is 6.07. The van der Waals surface area contributed by atoms with E-state index in [0.717, 1.165) is 28.4 Å². The van der Waals surface area contributed by atoms with Crippen molar-refractivity contribution in [2.75, 3.05) is 5.43 Å². The molecule has 4 heteroatoms. The van der Waals surface area contributed by atoms with Crippen molar-refractivity contribution in [3.05, 3.63) is 64.1 Å². The Morgan fingerprint density at radius 1 is 1.05 bits per heavy atom. The van der Waals surface area contributed by atoms with Crippen LogP contribution in [-0.4, -0.2) is 5.71 Å². The molecule has 0 aliphatic rings. The van der Waals surface area contributed by atoms with Crippen molar-refractivity contribution in [3.8, 4) is 0 Å². The summed E-state index contributed by atoms with van der Waals surface area (Å²) >= 11 is 11.9. The second-order valence-electron chi connectivity index (χ2n) is 4.01. The molecule has 19 heavy (non-hydrogen) atoms. The van der Waals surface area contributed by atoms with Crippen LogP contribution >= 0.6 is 23.2 Å². The van der Waals surface area contributed by atoms with Crippen molar-refractivity contribution in [3.63, 3.8) is 0 Å². The molecule has 0 saturated carbocycles. The monoisotopic (exact) mass is 292 g/mol. The summed E-state index contributed by atoms with van der Waals surface area (Å²) in [7, 11) is 0. The molecule has 0 aliphatic heterocycles. The van der Waals surface area contributed by atoms with Gasteiger partial charge >= 0.3 is 0 Å². The molecule has 0 radical (unpaired) electrons. The number of hydrogen-bond acceptors (Lipinski definition) is 2. The van der Waals surface area contributed by atoms with Gasteiger partial charge in [0.25, 0.3) is 0 Å². The van der Waals surface area contributed by atoms with E-state index in [-0.39, 0.29) is 0 Å². The number of para-hydroxylation sites is 1. The number of nitrogens with one attached hydrogen (secondary N) is 1. The Bertz CT molecular complexity index is 577. The Kier molecular flexibility index (Phi) is 4.83. The van der Waals surface area contributed by atoms with Crippen LogP contribution in [0.3, 0.4) is 0 Å². The third-order valence-electron chi connectivity index (χ3n) is 2.70. The highest BCUT2D eigenvalue weighted by Gasteiger charge is 2.02. The summed E-state index contributed by atoms with van der Waals surface area (Å²) in [6.45, 7) is 2.06. The van der Waals surface area contributed by atoms with Crippen LogP contribution in [0.1, 0.15) is 18.9 Å². The first-order chi connectivity index (χ1) is 9.20. The number of halogens is 2. The second kappa shape index (κ2) is 6.60. The Balaban J connectivity index is 2.20. The summed E-state index contributed by atoms with van der Waals surface area (Å²) < 4.78 is 0. The van der Waals surface area contributed by atoms with E-state index in [4.69, 9.17) is 23.2 Å². The first kappa shape index (κ1) is 13.9. The zero-order valence-electron chi connectivity index (χ0n) is 10.5. The Hall–Kier alpha value is -1.51. The van der Waals surface area contributed by atoms with Crippen molar-refractivity contribution in [1.82, 2.24) is 0 Å². The summed E-state index contributed by atoms with van der Waals surface area (Å²) in [5, 5.41) is 5.78. The van der Waals surface area contributed by atoms with Crippen LogP contribution in [0.5, 0.6) is 0 Å². The van der Waals surface area contributed by atoms with E-state index in [1.165, 1.54) is 0 Å². The van der Waals surface area contributed by atoms with Crippen LogP contribution < -0.4 is 5.43 Å². The van der Waals surface area contributed by atoms with Gasteiger partial charge in [-0.2, -0.15) is 5.10 Å². The van der Waals surface area contributed by atoms with Crippen LogP contribution in [0.15, 0.2) is 53.6 Å². The average molecular weight is 293 g/mol. The van der Waals surface area contributed by atoms with E-state index in [2.05, 4.69) is 17.5 Å². The molecule has 0 aliphatic carbocycles. The molecule has 0 bridgehead atoms. The van der Waals surface area contributed by atoms with Gasteiger partial charge < -0.3 is 0 Å². The van der Waals surface area contributed by atoms with E-state index in [1.54, 1.807) is 0 Å². The fourth-order valence-corrected chi connectivity index (χ4v) is 1.97. The molecule has 0 heterocycles. The molecule has 2 aromatic rings. The minimum atomic E-state index is 0.651. The zero-order chi connectivity index (χ0) is 13.7. The van der Waals surface area contributed by atoms with Crippen LogP contribution in [0.2, 0.25) is 10.0 Å². The lowest BCUT2D eigenvalue weighted by Crippen LogP contribution is -2.03. The molecule has 0 atom stereocenters. The first-order valence-electron chi connectivity index (χ1n) is 6.03. The lowest BCUT2D eigenvalue weighted by Gasteiger charge is -2.07. The third kappa shape index (κ3) is 3.72. The fourth-order valence-electron chi connectivity index (χ4n) is 1.67. The van der Waals surface area contributed by atoms with Crippen LogP contribution in [-0.2, 0) is 0 Å². The minimum Gasteiger partial charge on any atom is -0.277 e. The predicted molar refractivity (Wildman–Crippen MR) is 83.4 cm³/mol. The molecule has 2 rings (SSSR count). The minimum absolute atomic E-state index is 0.651. The van der Waals surface area contributed by atoms with Crippen LogP contribution in [0.25, 0.3) is 0 Å². The van der Waals surface area contributed by atoms with Crippen LogP contribution in [0.4, 0.5) is 5.69 Å². The number of hydrogen-bond donors (Lipinski definition) is 1. The molecule has 0 fully saturated rings. The number of rotatable bonds is 4. The van der Waals surface area contributed by atoms with Crippen molar-refractivity contribution < 1.29 is 0 Å². The quantitative estimate of drug-likeness (QED) is 0.606. The Morgan fingerprint density at radius 2 is 1.74 bits per heavy atom. The van der Waals surface area contributed by atoms with Gasteiger partial charge in [-0.25, -0.2) is 0 Å². The lowest BCUT2D eigenvalue weighted by atomic mass is 10.1. The first-order valence-corrected chi connectivity index (χ1v) is 6.79. The zero-order valence-corrected chi connectivity index (χ0v) is 12.0. The molecule has 0 unspecified atom stereocenters. The lowest BCUT2D eigenvalue weighted by molar-refractivity contribution is 1.22. The van der Waals surface area contributed by atoms with E-state index in [0.29, 0.717) is 5.02 Å². The second-order valence-corrected chi connectivity index (χ2v) is 4.85. The van der Waals surface area contributed by atoms with Gasteiger partial charge in [0, 0.05) is 5.02 Å². The SMILES string of the molecule is CC/C(=N/Nc1ccccc1Cl)c1ccc(Cl)cc1. The van der Waals surface area contributed by atoms with Gasteiger partial charge in [-0.3, -0.25) is 5.43 Å². The predicted octanol–water partition coefficient (Wildman–Crippen LogP) is 5.22. The molecule has 1 N–H and O–H groups in total. The highest BCUT2D eigenvalue weighted by Crippen LogP contribution is 2.20. The molecule has 98 valence electrons. The molecule has 0 saturated heterocycles. The number of benzene rings is 2. The number of hydrazone groups is 1. The van der Waals surface area contributed by atoms with Gasteiger partial charge in [0.15, 0.2) is 0 Å². The maximum atomic E-state index is 6.07. The van der Waals surface area contributed by atoms with Gasteiger partial charge in [-0.05, 0) is 36.2 Å². The molecular weight excluding hydrogens is 279 g/mol. The topological polar surface area (TPSA) is 24.4 Å². The van der Waals surface area contributed by atoms with Gasteiger partial charge in [0.2, 0.25) is 0 Å². The number of nitrogens with zero attached hydrogens (tertiary/aromatic N) is 1. The van der Waals surface area contributed by atoms with Gasteiger partial charge in [-0.1, -0.05) is 54.4 Å². The van der Waals surface area contributed by atoms with E-state index in [1.807, 2.05) is 48.5 Å². The molecule has 2 aromatic carbocycles. The molecular formula is C15H14Cl2N2. The highest BCUT2D eigenvalue weighted by atomic mass is 35.5. The standard InChI is InChI=1S/C15H14Cl2N2/c1-2-14(11-7-9-12(16)10-8-11)18-19-15-6-4-3-5-13(15)17/h3-10,19H,2H2,1H3/b18-14-. The van der Waals surface area contributed by atoms with Crippen molar-refractivity contribution in [1.29, 1.82) is 0 Å². The smallest absolute Gasteiger partial charge is 0.0748 e. The van der Waals surface area contributed by atoms with E-state index < -0.39 is 0 Å². The Labute approximate surface area is 123 Å². The normalized spacial score (nSPS) is 11.4. The molecule has 2 nitrogen and oxygen atoms in total. The van der Waals surface area contributed by atoms with Crippen molar-refractivity contribution >= 4 is 34.6 Å². The number of anilines is 1. The van der Waals surface area contributed by atoms with E-state index >= 15 is 0 Å². The third-order valence-corrected chi connectivity index (χ3v) is 3.28. The Morgan fingerprint density at radius 3 is 2.37 bits per heavy atom. The molecule has 0 amide bonds. The van der Waals surface area contributed by atoms with Gasteiger partial charge in [0.1, 0.15) is 0 Å². The van der Waals surface area contributed by atoms with Gasteiger partial charge in [0.05, 0.1) is 16.4 Å². The summed E-state index contributed by atoms with van der Waals surface area (Å²) in [6.07, 6.45) is 0.819. The van der Waals surface area contributed by atoms with Crippen molar-refractivity contribution in [2.45, 2.75) is 13.3 Å².